The number of ketones is 1. The van der Waals surface area contributed by atoms with Crippen LogP contribution in [0.25, 0.3) is 0 Å². The number of hydrogen-bond acceptors (Lipinski definition) is 3. The minimum absolute atomic E-state index is 0.0497. The van der Waals surface area contributed by atoms with Gasteiger partial charge in [0.1, 0.15) is 5.78 Å². The van der Waals surface area contributed by atoms with E-state index in [0.29, 0.717) is 24.5 Å². The molecule has 0 amide bonds. The molecule has 3 nitrogen and oxygen atoms in total. The van der Waals surface area contributed by atoms with Crippen LogP contribution in [-0.2, 0) is 11.2 Å². The molecular weight excluding hydrogens is 252 g/mol. The molecule has 1 aromatic rings. The van der Waals surface area contributed by atoms with Crippen LogP contribution < -0.4 is 0 Å². The summed E-state index contributed by atoms with van der Waals surface area (Å²) >= 11 is 0. The number of hydrogen-bond donors (Lipinski definition) is 2. The maximum absolute atomic E-state index is 11.6. The first-order valence-corrected chi connectivity index (χ1v) is 7.37. The van der Waals surface area contributed by atoms with Crippen molar-refractivity contribution in [2.75, 3.05) is 0 Å². The average Bonchev–Trinajstić information content (AvgIpc) is 2.43. The number of phenols is 2. The highest BCUT2D eigenvalue weighted by Gasteiger charge is 2.27. The van der Waals surface area contributed by atoms with Crippen molar-refractivity contribution in [1.82, 2.24) is 0 Å². The van der Waals surface area contributed by atoms with E-state index in [-0.39, 0.29) is 11.5 Å². The first-order valence-electron chi connectivity index (χ1n) is 7.37. The SMILES string of the molecule is O=C1CCC2=C(CCCC2Cc2ccc(O)c(O)c2)C1. The quantitative estimate of drug-likeness (QED) is 0.640. The lowest BCUT2D eigenvalue weighted by molar-refractivity contribution is -0.118. The Labute approximate surface area is 118 Å². The van der Waals surface area contributed by atoms with Gasteiger partial charge < -0.3 is 10.2 Å². The molecule has 2 N–H and O–H groups in total. The standard InChI is InChI=1S/C17H20O3/c18-14-5-6-15-12(2-1-3-13(15)10-14)8-11-4-7-16(19)17(20)9-11/h4,7,9,12,19-20H,1-3,5-6,8,10H2. The van der Waals surface area contributed by atoms with E-state index in [1.165, 1.54) is 11.1 Å². The normalized spacial score (nSPS) is 22.8. The van der Waals surface area contributed by atoms with Gasteiger partial charge in [-0.05, 0) is 55.7 Å². The van der Waals surface area contributed by atoms with Crippen LogP contribution in [0.4, 0.5) is 0 Å². The van der Waals surface area contributed by atoms with Crippen molar-refractivity contribution < 1.29 is 15.0 Å². The predicted molar refractivity (Wildman–Crippen MR) is 76.7 cm³/mol. The molecule has 2 aliphatic carbocycles. The van der Waals surface area contributed by atoms with Crippen molar-refractivity contribution in [3.63, 3.8) is 0 Å². The Morgan fingerprint density at radius 3 is 2.75 bits per heavy atom. The molecule has 0 aromatic heterocycles. The molecule has 0 heterocycles. The maximum atomic E-state index is 11.6. The molecule has 1 atom stereocenters. The molecule has 0 saturated carbocycles. The summed E-state index contributed by atoms with van der Waals surface area (Å²) in [6.45, 7) is 0. The minimum atomic E-state index is -0.0689. The van der Waals surface area contributed by atoms with Gasteiger partial charge in [-0.15, -0.1) is 0 Å². The fourth-order valence-corrected chi connectivity index (χ4v) is 3.57. The van der Waals surface area contributed by atoms with Gasteiger partial charge in [-0.3, -0.25) is 4.79 Å². The number of aromatic hydroxyl groups is 2. The van der Waals surface area contributed by atoms with Gasteiger partial charge in [0.05, 0.1) is 0 Å². The van der Waals surface area contributed by atoms with Gasteiger partial charge in [0.25, 0.3) is 0 Å². The van der Waals surface area contributed by atoms with Crippen LogP contribution in [-0.4, -0.2) is 16.0 Å². The Morgan fingerprint density at radius 1 is 1.10 bits per heavy atom. The van der Waals surface area contributed by atoms with Crippen molar-refractivity contribution in [1.29, 1.82) is 0 Å². The summed E-state index contributed by atoms with van der Waals surface area (Å²) in [5, 5.41) is 19.0. The summed E-state index contributed by atoms with van der Waals surface area (Å²) in [4.78, 5) is 11.6. The first kappa shape index (κ1) is 13.2. The van der Waals surface area contributed by atoms with Crippen molar-refractivity contribution in [2.45, 2.75) is 44.9 Å². The van der Waals surface area contributed by atoms with Gasteiger partial charge >= 0.3 is 0 Å². The molecule has 1 aromatic carbocycles. The number of phenolic OH excluding ortho intramolecular Hbond substituents is 2. The molecule has 1 unspecified atom stereocenters. The van der Waals surface area contributed by atoms with E-state index in [2.05, 4.69) is 0 Å². The van der Waals surface area contributed by atoms with Gasteiger partial charge in [-0.25, -0.2) is 0 Å². The molecule has 0 aliphatic heterocycles. The highest BCUT2D eigenvalue weighted by atomic mass is 16.3. The van der Waals surface area contributed by atoms with Gasteiger partial charge in [-0.2, -0.15) is 0 Å². The maximum Gasteiger partial charge on any atom is 0.157 e. The third-order valence-electron chi connectivity index (χ3n) is 4.58. The smallest absolute Gasteiger partial charge is 0.157 e. The predicted octanol–water partition coefficient (Wildman–Crippen LogP) is 3.49. The number of rotatable bonds is 2. The highest BCUT2D eigenvalue weighted by Crippen LogP contribution is 2.40. The molecule has 0 radical (unpaired) electrons. The van der Waals surface area contributed by atoms with Gasteiger partial charge in [-0.1, -0.05) is 17.2 Å². The van der Waals surface area contributed by atoms with Gasteiger partial charge in [0, 0.05) is 12.8 Å². The Balaban J connectivity index is 1.81. The van der Waals surface area contributed by atoms with Gasteiger partial charge in [0.2, 0.25) is 0 Å². The Hall–Kier alpha value is -1.77. The fraction of sp³-hybridized carbons (Fsp3) is 0.471. The van der Waals surface area contributed by atoms with E-state index in [0.717, 1.165) is 37.7 Å². The zero-order chi connectivity index (χ0) is 14.1. The molecule has 3 rings (SSSR count). The van der Waals surface area contributed by atoms with E-state index in [1.807, 2.05) is 6.07 Å². The summed E-state index contributed by atoms with van der Waals surface area (Å²) in [6, 6.07) is 5.07. The topological polar surface area (TPSA) is 57.5 Å². The van der Waals surface area contributed by atoms with Crippen LogP contribution in [0.15, 0.2) is 29.3 Å². The van der Waals surface area contributed by atoms with E-state index in [1.54, 1.807) is 12.1 Å². The van der Waals surface area contributed by atoms with E-state index < -0.39 is 0 Å². The third kappa shape index (κ3) is 2.58. The second-order valence-electron chi connectivity index (χ2n) is 5.96. The fourth-order valence-electron chi connectivity index (χ4n) is 3.57. The molecular formula is C17H20O3. The summed E-state index contributed by atoms with van der Waals surface area (Å²) in [6.07, 6.45) is 6.56. The number of allylic oxidation sites excluding steroid dienone is 2. The number of carbonyl (C=O) groups is 1. The lowest BCUT2D eigenvalue weighted by Gasteiger charge is -2.31. The Bertz CT molecular complexity index is 572. The third-order valence-corrected chi connectivity index (χ3v) is 4.58. The van der Waals surface area contributed by atoms with Crippen molar-refractivity contribution in [3.8, 4) is 11.5 Å². The van der Waals surface area contributed by atoms with Gasteiger partial charge in [0.15, 0.2) is 11.5 Å². The highest BCUT2D eigenvalue weighted by molar-refractivity contribution is 5.82. The van der Waals surface area contributed by atoms with Crippen LogP contribution >= 0.6 is 0 Å². The molecule has 0 spiro atoms. The average molecular weight is 272 g/mol. The molecule has 106 valence electrons. The van der Waals surface area contributed by atoms with E-state index >= 15 is 0 Å². The molecule has 20 heavy (non-hydrogen) atoms. The van der Waals surface area contributed by atoms with Crippen LogP contribution in [0.2, 0.25) is 0 Å². The second-order valence-corrected chi connectivity index (χ2v) is 5.96. The van der Waals surface area contributed by atoms with Crippen molar-refractivity contribution >= 4 is 5.78 Å². The van der Waals surface area contributed by atoms with Crippen LogP contribution in [0.1, 0.15) is 44.1 Å². The Kier molecular flexibility index (Phi) is 3.51. The zero-order valence-electron chi connectivity index (χ0n) is 11.6. The Morgan fingerprint density at radius 2 is 1.95 bits per heavy atom. The van der Waals surface area contributed by atoms with Crippen LogP contribution in [0.5, 0.6) is 11.5 Å². The van der Waals surface area contributed by atoms with E-state index in [4.69, 9.17) is 0 Å². The number of benzene rings is 1. The first-order chi connectivity index (χ1) is 9.63. The van der Waals surface area contributed by atoms with Crippen molar-refractivity contribution in [2.24, 2.45) is 5.92 Å². The summed E-state index contributed by atoms with van der Waals surface area (Å²) in [7, 11) is 0. The number of carbonyl (C=O) groups excluding carboxylic acids is 1. The zero-order valence-corrected chi connectivity index (χ0v) is 11.6. The lowest BCUT2D eigenvalue weighted by Crippen LogP contribution is -2.21. The molecule has 3 heteroatoms. The number of Topliss-reactive ketones (excluding diaryl/α,β-unsaturated/α-hetero) is 1. The molecule has 0 saturated heterocycles. The van der Waals surface area contributed by atoms with Crippen LogP contribution in [0, 0.1) is 5.92 Å². The summed E-state index contributed by atoms with van der Waals surface area (Å²) < 4.78 is 0. The summed E-state index contributed by atoms with van der Waals surface area (Å²) in [5.41, 5.74) is 3.92. The molecule has 0 bridgehead atoms. The molecule has 0 fully saturated rings. The summed E-state index contributed by atoms with van der Waals surface area (Å²) in [5.74, 6) is 0.759. The minimum Gasteiger partial charge on any atom is -0.504 e. The molecule has 2 aliphatic rings. The van der Waals surface area contributed by atoms with E-state index in [9.17, 15) is 15.0 Å². The van der Waals surface area contributed by atoms with Crippen LogP contribution in [0.3, 0.4) is 0 Å². The lowest BCUT2D eigenvalue weighted by atomic mass is 9.73. The largest absolute Gasteiger partial charge is 0.504 e. The monoisotopic (exact) mass is 272 g/mol. The van der Waals surface area contributed by atoms with Crippen molar-refractivity contribution in [3.05, 3.63) is 34.9 Å². The second kappa shape index (κ2) is 5.31.